The van der Waals surface area contributed by atoms with Gasteiger partial charge in [0.05, 0.1) is 19.8 Å². The van der Waals surface area contributed by atoms with Gasteiger partial charge in [0, 0.05) is 26.1 Å². The predicted molar refractivity (Wildman–Crippen MR) is 72.7 cm³/mol. The Morgan fingerprint density at radius 1 is 1.43 bits per heavy atom. The van der Waals surface area contributed by atoms with E-state index in [0.29, 0.717) is 32.7 Å². The Morgan fingerprint density at radius 2 is 2.19 bits per heavy atom. The predicted octanol–water partition coefficient (Wildman–Crippen LogP) is -0.769. The minimum atomic E-state index is -1.02. The molecule has 0 aromatic carbocycles. The first-order chi connectivity index (χ1) is 10.0. The standard InChI is InChI=1S/C13H22N2O6/c1-2-20-12(17)4-3-5-14-11(16)9-15-6-7-21-10(8-15)13(18)19/h10H,2-9H2,1H3,(H,14,16)(H,18,19). The van der Waals surface area contributed by atoms with E-state index in [2.05, 4.69) is 5.32 Å². The summed E-state index contributed by atoms with van der Waals surface area (Å²) in [6.45, 7) is 3.65. The van der Waals surface area contributed by atoms with Crippen molar-refractivity contribution >= 4 is 17.8 Å². The normalized spacial score (nSPS) is 19.0. The highest BCUT2D eigenvalue weighted by molar-refractivity contribution is 5.78. The van der Waals surface area contributed by atoms with Gasteiger partial charge in [-0.15, -0.1) is 0 Å². The van der Waals surface area contributed by atoms with Gasteiger partial charge in [-0.25, -0.2) is 4.79 Å². The molecule has 1 unspecified atom stereocenters. The smallest absolute Gasteiger partial charge is 0.334 e. The number of rotatable bonds is 8. The van der Waals surface area contributed by atoms with Crippen LogP contribution in [0.3, 0.4) is 0 Å². The highest BCUT2D eigenvalue weighted by atomic mass is 16.5. The molecule has 1 aliphatic heterocycles. The minimum Gasteiger partial charge on any atom is -0.479 e. The number of esters is 1. The number of carbonyl (C=O) groups is 3. The monoisotopic (exact) mass is 302 g/mol. The molecule has 1 rings (SSSR count). The van der Waals surface area contributed by atoms with Gasteiger partial charge >= 0.3 is 11.9 Å². The minimum absolute atomic E-state index is 0.131. The molecule has 0 saturated carbocycles. The molecule has 1 fully saturated rings. The Labute approximate surface area is 123 Å². The number of ether oxygens (including phenoxy) is 2. The van der Waals surface area contributed by atoms with E-state index < -0.39 is 12.1 Å². The summed E-state index contributed by atoms with van der Waals surface area (Å²) in [5, 5.41) is 11.6. The average molecular weight is 302 g/mol. The van der Waals surface area contributed by atoms with Crippen LogP contribution in [0.4, 0.5) is 0 Å². The maximum Gasteiger partial charge on any atom is 0.334 e. The number of carboxylic acid groups (broad SMARTS) is 1. The summed E-state index contributed by atoms with van der Waals surface area (Å²) in [7, 11) is 0. The molecule has 1 heterocycles. The highest BCUT2D eigenvalue weighted by Gasteiger charge is 2.27. The first-order valence-electron chi connectivity index (χ1n) is 7.02. The molecule has 0 bridgehead atoms. The molecular formula is C13H22N2O6. The van der Waals surface area contributed by atoms with Crippen LogP contribution in [0, 0.1) is 0 Å². The Balaban J connectivity index is 2.15. The largest absolute Gasteiger partial charge is 0.479 e. The van der Waals surface area contributed by atoms with Crippen LogP contribution in [0.1, 0.15) is 19.8 Å². The van der Waals surface area contributed by atoms with E-state index in [1.54, 1.807) is 11.8 Å². The number of nitrogens with zero attached hydrogens (tertiary/aromatic N) is 1. The number of hydrogen-bond donors (Lipinski definition) is 2. The molecule has 8 nitrogen and oxygen atoms in total. The van der Waals surface area contributed by atoms with Crippen molar-refractivity contribution in [2.24, 2.45) is 0 Å². The van der Waals surface area contributed by atoms with Crippen LogP contribution >= 0.6 is 0 Å². The highest BCUT2D eigenvalue weighted by Crippen LogP contribution is 2.04. The summed E-state index contributed by atoms with van der Waals surface area (Å²) in [4.78, 5) is 35.3. The van der Waals surface area contributed by atoms with E-state index in [4.69, 9.17) is 14.6 Å². The number of amides is 1. The maximum atomic E-state index is 11.7. The van der Waals surface area contributed by atoms with Crippen LogP contribution in [0.15, 0.2) is 0 Å². The molecule has 0 aliphatic carbocycles. The van der Waals surface area contributed by atoms with E-state index >= 15 is 0 Å². The van der Waals surface area contributed by atoms with Gasteiger partial charge in [-0.05, 0) is 13.3 Å². The Hall–Kier alpha value is -1.67. The molecule has 1 amide bonds. The number of carbonyl (C=O) groups excluding carboxylic acids is 2. The lowest BCUT2D eigenvalue weighted by Crippen LogP contribution is -2.49. The topological polar surface area (TPSA) is 105 Å². The summed E-state index contributed by atoms with van der Waals surface area (Å²) in [5.41, 5.74) is 0. The van der Waals surface area contributed by atoms with Crippen molar-refractivity contribution in [1.29, 1.82) is 0 Å². The number of carboxylic acids is 1. The van der Waals surface area contributed by atoms with Crippen molar-refractivity contribution in [1.82, 2.24) is 10.2 Å². The van der Waals surface area contributed by atoms with Gasteiger partial charge in [-0.1, -0.05) is 0 Å². The fourth-order valence-electron chi connectivity index (χ4n) is 1.95. The Kier molecular flexibility index (Phi) is 7.70. The van der Waals surface area contributed by atoms with E-state index in [0.717, 1.165) is 0 Å². The van der Waals surface area contributed by atoms with Crippen molar-refractivity contribution in [3.05, 3.63) is 0 Å². The number of hydrogen-bond acceptors (Lipinski definition) is 6. The SMILES string of the molecule is CCOC(=O)CCCNC(=O)CN1CCOC(C(=O)O)C1. The fourth-order valence-corrected chi connectivity index (χ4v) is 1.95. The van der Waals surface area contributed by atoms with Crippen LogP contribution in [0.2, 0.25) is 0 Å². The van der Waals surface area contributed by atoms with Gasteiger partial charge in [0.1, 0.15) is 0 Å². The van der Waals surface area contributed by atoms with Crippen LogP contribution in [-0.4, -0.2) is 73.3 Å². The summed E-state index contributed by atoms with van der Waals surface area (Å²) < 4.78 is 9.85. The summed E-state index contributed by atoms with van der Waals surface area (Å²) in [5.74, 6) is -1.48. The summed E-state index contributed by atoms with van der Waals surface area (Å²) in [6, 6.07) is 0. The molecule has 2 N–H and O–H groups in total. The van der Waals surface area contributed by atoms with Crippen LogP contribution in [-0.2, 0) is 23.9 Å². The third-order valence-electron chi connectivity index (χ3n) is 2.98. The van der Waals surface area contributed by atoms with Gasteiger partial charge in [0.15, 0.2) is 6.10 Å². The zero-order valence-corrected chi connectivity index (χ0v) is 12.2. The maximum absolute atomic E-state index is 11.7. The van der Waals surface area contributed by atoms with Gasteiger partial charge in [-0.3, -0.25) is 14.5 Å². The van der Waals surface area contributed by atoms with Crippen molar-refractivity contribution < 1.29 is 29.0 Å². The van der Waals surface area contributed by atoms with Crippen molar-refractivity contribution in [2.75, 3.05) is 39.4 Å². The van der Waals surface area contributed by atoms with E-state index in [9.17, 15) is 14.4 Å². The Bertz CT molecular complexity index is 374. The van der Waals surface area contributed by atoms with Gasteiger partial charge in [-0.2, -0.15) is 0 Å². The molecule has 8 heteroatoms. The second kappa shape index (κ2) is 9.30. The van der Waals surface area contributed by atoms with Crippen LogP contribution < -0.4 is 5.32 Å². The molecular weight excluding hydrogens is 280 g/mol. The van der Waals surface area contributed by atoms with Crippen molar-refractivity contribution in [2.45, 2.75) is 25.9 Å². The van der Waals surface area contributed by atoms with Crippen molar-refractivity contribution in [3.63, 3.8) is 0 Å². The van der Waals surface area contributed by atoms with Crippen molar-refractivity contribution in [3.8, 4) is 0 Å². The third-order valence-corrected chi connectivity index (χ3v) is 2.98. The number of morpholine rings is 1. The summed E-state index contributed by atoms with van der Waals surface area (Å²) >= 11 is 0. The quantitative estimate of drug-likeness (QED) is 0.448. The lowest BCUT2D eigenvalue weighted by atomic mass is 10.2. The molecule has 0 radical (unpaired) electrons. The molecule has 1 saturated heterocycles. The second-order valence-electron chi connectivity index (χ2n) is 4.69. The molecule has 0 aromatic rings. The van der Waals surface area contributed by atoms with Crippen LogP contribution in [0.5, 0.6) is 0 Å². The van der Waals surface area contributed by atoms with E-state index in [-0.39, 0.29) is 31.4 Å². The lowest BCUT2D eigenvalue weighted by molar-refractivity contribution is -0.156. The summed E-state index contributed by atoms with van der Waals surface area (Å²) in [6.07, 6.45) is -0.0894. The average Bonchev–Trinajstić information content (AvgIpc) is 2.44. The number of aliphatic carboxylic acids is 1. The molecule has 1 atom stereocenters. The van der Waals surface area contributed by atoms with Gasteiger partial charge < -0.3 is 19.9 Å². The molecule has 21 heavy (non-hydrogen) atoms. The van der Waals surface area contributed by atoms with E-state index in [1.807, 2.05) is 0 Å². The lowest BCUT2D eigenvalue weighted by Gasteiger charge is -2.30. The first-order valence-corrected chi connectivity index (χ1v) is 7.02. The Morgan fingerprint density at radius 3 is 2.86 bits per heavy atom. The molecule has 1 aliphatic rings. The first kappa shape index (κ1) is 17.4. The fraction of sp³-hybridized carbons (Fsp3) is 0.769. The molecule has 0 aromatic heterocycles. The van der Waals surface area contributed by atoms with Crippen LogP contribution in [0.25, 0.3) is 0 Å². The zero-order valence-electron chi connectivity index (χ0n) is 12.2. The number of nitrogens with one attached hydrogen (secondary N) is 1. The molecule has 120 valence electrons. The zero-order chi connectivity index (χ0) is 15.7. The molecule has 0 spiro atoms. The third kappa shape index (κ3) is 7.05. The second-order valence-corrected chi connectivity index (χ2v) is 4.69. The van der Waals surface area contributed by atoms with Gasteiger partial charge in [0.2, 0.25) is 5.91 Å². The van der Waals surface area contributed by atoms with E-state index in [1.165, 1.54) is 0 Å². The van der Waals surface area contributed by atoms with Gasteiger partial charge in [0.25, 0.3) is 0 Å².